The molecule has 0 spiro atoms. The van der Waals surface area contributed by atoms with Crippen molar-refractivity contribution in [2.75, 3.05) is 52.4 Å². The number of piperazine rings is 1. The van der Waals surface area contributed by atoms with Gasteiger partial charge in [-0.2, -0.15) is 0 Å². The van der Waals surface area contributed by atoms with Gasteiger partial charge in [-0.1, -0.05) is 0 Å². The predicted octanol–water partition coefficient (Wildman–Crippen LogP) is 0.272. The Morgan fingerprint density at radius 2 is 1.90 bits per heavy atom. The van der Waals surface area contributed by atoms with Gasteiger partial charge in [0.2, 0.25) is 5.91 Å². The summed E-state index contributed by atoms with van der Waals surface area (Å²) in [6, 6.07) is 0.552. The predicted molar refractivity (Wildman–Crippen MR) is 81.8 cm³/mol. The SMILES string of the molecule is CC(CCC(=O)NCCN1CCNCC1)N1CCCC1. The van der Waals surface area contributed by atoms with E-state index in [-0.39, 0.29) is 5.91 Å². The van der Waals surface area contributed by atoms with Crippen LogP contribution in [0.4, 0.5) is 0 Å². The van der Waals surface area contributed by atoms with E-state index in [1.165, 1.54) is 25.9 Å². The summed E-state index contributed by atoms with van der Waals surface area (Å²) in [7, 11) is 0. The molecule has 0 radical (unpaired) electrons. The van der Waals surface area contributed by atoms with Gasteiger partial charge in [0.25, 0.3) is 0 Å². The molecular weight excluding hydrogens is 252 g/mol. The normalized spacial score (nSPS) is 22.9. The molecule has 1 atom stereocenters. The first-order valence-corrected chi connectivity index (χ1v) is 8.19. The maximum atomic E-state index is 11.8. The Morgan fingerprint density at radius 3 is 2.60 bits per heavy atom. The van der Waals surface area contributed by atoms with Gasteiger partial charge < -0.3 is 15.5 Å². The van der Waals surface area contributed by atoms with E-state index in [2.05, 4.69) is 27.4 Å². The smallest absolute Gasteiger partial charge is 0.220 e. The molecule has 1 amide bonds. The third-order valence-corrected chi connectivity index (χ3v) is 4.51. The zero-order valence-corrected chi connectivity index (χ0v) is 12.9. The van der Waals surface area contributed by atoms with Crippen LogP contribution in [0.15, 0.2) is 0 Å². The molecule has 1 unspecified atom stereocenters. The molecule has 20 heavy (non-hydrogen) atoms. The highest BCUT2D eigenvalue weighted by Gasteiger charge is 2.18. The fourth-order valence-corrected chi connectivity index (χ4v) is 3.08. The number of hydrogen-bond acceptors (Lipinski definition) is 4. The van der Waals surface area contributed by atoms with Crippen LogP contribution >= 0.6 is 0 Å². The molecule has 2 heterocycles. The first kappa shape index (κ1) is 15.7. The number of rotatable bonds is 7. The third kappa shape index (κ3) is 5.38. The van der Waals surface area contributed by atoms with Crippen molar-refractivity contribution in [3.05, 3.63) is 0 Å². The Hall–Kier alpha value is -0.650. The van der Waals surface area contributed by atoms with E-state index in [1.54, 1.807) is 0 Å². The van der Waals surface area contributed by atoms with E-state index in [0.717, 1.165) is 45.7 Å². The lowest BCUT2D eigenvalue weighted by Crippen LogP contribution is -2.46. The van der Waals surface area contributed by atoms with Gasteiger partial charge in [0.05, 0.1) is 0 Å². The summed E-state index contributed by atoms with van der Waals surface area (Å²) in [6.45, 7) is 10.8. The van der Waals surface area contributed by atoms with Gasteiger partial charge in [-0.3, -0.25) is 9.69 Å². The van der Waals surface area contributed by atoms with Crippen LogP contribution < -0.4 is 10.6 Å². The maximum absolute atomic E-state index is 11.8. The summed E-state index contributed by atoms with van der Waals surface area (Å²) < 4.78 is 0. The molecule has 0 aromatic heterocycles. The van der Waals surface area contributed by atoms with Crippen LogP contribution in [-0.4, -0.2) is 74.1 Å². The highest BCUT2D eigenvalue weighted by molar-refractivity contribution is 5.75. The zero-order chi connectivity index (χ0) is 14.2. The number of nitrogens with zero attached hydrogens (tertiary/aromatic N) is 2. The van der Waals surface area contributed by atoms with E-state index in [9.17, 15) is 4.79 Å². The van der Waals surface area contributed by atoms with Crippen LogP contribution in [-0.2, 0) is 4.79 Å². The number of likely N-dealkylation sites (tertiary alicyclic amines) is 1. The van der Waals surface area contributed by atoms with Gasteiger partial charge in [-0.25, -0.2) is 0 Å². The molecule has 0 saturated carbocycles. The average Bonchev–Trinajstić information content (AvgIpc) is 3.00. The molecule has 0 aromatic rings. The van der Waals surface area contributed by atoms with Crippen molar-refractivity contribution in [3.63, 3.8) is 0 Å². The second-order valence-corrected chi connectivity index (χ2v) is 6.07. The Morgan fingerprint density at radius 1 is 1.20 bits per heavy atom. The molecule has 2 rings (SSSR count). The van der Waals surface area contributed by atoms with Crippen molar-refractivity contribution in [3.8, 4) is 0 Å². The molecule has 2 fully saturated rings. The van der Waals surface area contributed by atoms with Gasteiger partial charge in [-0.05, 0) is 39.3 Å². The Balaban J connectivity index is 1.51. The molecule has 2 aliphatic rings. The highest BCUT2D eigenvalue weighted by atomic mass is 16.1. The van der Waals surface area contributed by atoms with Gasteiger partial charge in [0, 0.05) is 51.7 Å². The first-order chi connectivity index (χ1) is 9.75. The number of amides is 1. The lowest BCUT2D eigenvalue weighted by atomic mass is 10.1. The number of hydrogen-bond donors (Lipinski definition) is 2. The van der Waals surface area contributed by atoms with E-state index in [0.29, 0.717) is 12.5 Å². The van der Waals surface area contributed by atoms with Crippen molar-refractivity contribution in [1.82, 2.24) is 20.4 Å². The zero-order valence-electron chi connectivity index (χ0n) is 12.9. The standard InChI is InChI=1S/C15H30N4O/c1-14(19-9-2-3-10-19)4-5-15(20)17-8-13-18-11-6-16-7-12-18/h14,16H,2-13H2,1H3,(H,17,20). The monoisotopic (exact) mass is 282 g/mol. The van der Waals surface area contributed by atoms with Gasteiger partial charge >= 0.3 is 0 Å². The molecule has 116 valence electrons. The van der Waals surface area contributed by atoms with Gasteiger partial charge in [0.1, 0.15) is 0 Å². The summed E-state index contributed by atoms with van der Waals surface area (Å²) in [5, 5.41) is 6.40. The molecule has 5 nitrogen and oxygen atoms in total. The third-order valence-electron chi connectivity index (χ3n) is 4.51. The maximum Gasteiger partial charge on any atom is 0.220 e. The molecular formula is C15H30N4O. The second-order valence-electron chi connectivity index (χ2n) is 6.07. The van der Waals surface area contributed by atoms with Crippen molar-refractivity contribution in [1.29, 1.82) is 0 Å². The first-order valence-electron chi connectivity index (χ1n) is 8.19. The average molecular weight is 282 g/mol. The van der Waals surface area contributed by atoms with Crippen LogP contribution in [0, 0.1) is 0 Å². The van der Waals surface area contributed by atoms with Crippen molar-refractivity contribution < 1.29 is 4.79 Å². The van der Waals surface area contributed by atoms with Crippen LogP contribution in [0.2, 0.25) is 0 Å². The van der Waals surface area contributed by atoms with Crippen LogP contribution in [0.5, 0.6) is 0 Å². The number of carbonyl (C=O) groups excluding carboxylic acids is 1. The Bertz CT molecular complexity index is 286. The molecule has 0 aromatic carbocycles. The summed E-state index contributed by atoms with van der Waals surface area (Å²) in [5.74, 6) is 0.214. The van der Waals surface area contributed by atoms with Crippen LogP contribution in [0.1, 0.15) is 32.6 Å². The number of carbonyl (C=O) groups is 1. The second kappa shape index (κ2) is 8.60. The largest absolute Gasteiger partial charge is 0.355 e. The van der Waals surface area contributed by atoms with Gasteiger partial charge in [-0.15, -0.1) is 0 Å². The molecule has 0 aliphatic carbocycles. The molecule has 5 heteroatoms. The van der Waals surface area contributed by atoms with E-state index >= 15 is 0 Å². The van der Waals surface area contributed by atoms with Crippen molar-refractivity contribution >= 4 is 5.91 Å². The molecule has 2 N–H and O–H groups in total. The Labute approximate surface area is 123 Å². The summed E-state index contributed by atoms with van der Waals surface area (Å²) in [4.78, 5) is 16.8. The van der Waals surface area contributed by atoms with Crippen LogP contribution in [0.25, 0.3) is 0 Å². The molecule has 2 aliphatic heterocycles. The highest BCUT2D eigenvalue weighted by Crippen LogP contribution is 2.14. The van der Waals surface area contributed by atoms with E-state index in [1.807, 2.05) is 0 Å². The molecule has 0 bridgehead atoms. The van der Waals surface area contributed by atoms with E-state index in [4.69, 9.17) is 0 Å². The lowest BCUT2D eigenvalue weighted by Gasteiger charge is -2.27. The van der Waals surface area contributed by atoms with Crippen molar-refractivity contribution in [2.45, 2.75) is 38.6 Å². The van der Waals surface area contributed by atoms with Crippen molar-refractivity contribution in [2.24, 2.45) is 0 Å². The number of nitrogens with one attached hydrogen (secondary N) is 2. The summed E-state index contributed by atoms with van der Waals surface area (Å²) >= 11 is 0. The van der Waals surface area contributed by atoms with E-state index < -0.39 is 0 Å². The minimum atomic E-state index is 0.214. The van der Waals surface area contributed by atoms with Crippen LogP contribution in [0.3, 0.4) is 0 Å². The topological polar surface area (TPSA) is 47.6 Å². The van der Waals surface area contributed by atoms with Gasteiger partial charge in [0.15, 0.2) is 0 Å². The minimum absolute atomic E-state index is 0.214. The summed E-state index contributed by atoms with van der Waals surface area (Å²) in [5.41, 5.74) is 0. The molecule has 2 saturated heterocycles. The summed E-state index contributed by atoms with van der Waals surface area (Å²) in [6.07, 6.45) is 4.29. The minimum Gasteiger partial charge on any atom is -0.355 e. The fraction of sp³-hybridized carbons (Fsp3) is 0.933. The lowest BCUT2D eigenvalue weighted by molar-refractivity contribution is -0.121. The fourth-order valence-electron chi connectivity index (χ4n) is 3.08. The quantitative estimate of drug-likeness (QED) is 0.704. The Kier molecular flexibility index (Phi) is 6.76.